The second kappa shape index (κ2) is 7.12. The molecule has 0 bridgehead atoms. The summed E-state index contributed by atoms with van der Waals surface area (Å²) in [6.45, 7) is 8.11. The average molecular weight is 411 g/mol. The van der Waals surface area contributed by atoms with Crippen LogP contribution in [0, 0.1) is 0 Å². The van der Waals surface area contributed by atoms with Crippen molar-refractivity contribution in [3.8, 4) is 0 Å². The van der Waals surface area contributed by atoms with E-state index in [1.165, 1.54) is 0 Å². The van der Waals surface area contributed by atoms with E-state index in [0.29, 0.717) is 6.42 Å². The molecule has 0 radical (unpaired) electrons. The fourth-order valence-corrected chi connectivity index (χ4v) is 18.9. The lowest BCUT2D eigenvalue weighted by Gasteiger charge is -2.39. The molecule has 1 saturated heterocycles. The van der Waals surface area contributed by atoms with Gasteiger partial charge in [0, 0.05) is 4.87 Å². The normalized spacial score (nSPS) is 30.6. The van der Waals surface area contributed by atoms with Gasteiger partial charge in [-0.25, -0.2) is 0 Å². The van der Waals surface area contributed by atoms with Gasteiger partial charge >= 0.3 is 26.4 Å². The first-order valence-corrected chi connectivity index (χ1v) is 16.1. The van der Waals surface area contributed by atoms with Gasteiger partial charge in [0.2, 0.25) is 0 Å². The maximum atomic E-state index is 6.17. The molecule has 0 aliphatic carbocycles. The van der Waals surface area contributed by atoms with Crippen molar-refractivity contribution in [2.24, 2.45) is 0 Å². The zero-order chi connectivity index (χ0) is 14.9. The van der Waals surface area contributed by atoms with Crippen LogP contribution in [-0.2, 0) is 16.5 Å². The first-order valence-electron chi connectivity index (χ1n) is 5.89. The van der Waals surface area contributed by atoms with Crippen molar-refractivity contribution in [3.63, 3.8) is 0 Å². The van der Waals surface area contributed by atoms with E-state index in [1.807, 2.05) is 26.2 Å². The average Bonchev–Trinajstić information content (AvgIpc) is 2.08. The van der Waals surface area contributed by atoms with E-state index < -0.39 is 39.8 Å². The summed E-state index contributed by atoms with van der Waals surface area (Å²) in [5.74, 6) is 0. The molecule has 0 saturated carbocycles. The third kappa shape index (κ3) is 7.78. The smallest absolute Gasteiger partial charge is 0.316 e. The Hall–Kier alpha value is 2.11. The summed E-state index contributed by atoms with van der Waals surface area (Å²) >= 11 is 17.5. The van der Waals surface area contributed by atoms with E-state index >= 15 is 0 Å². The zero-order valence-corrected chi connectivity index (χ0v) is 19.6. The monoisotopic (exact) mass is 410 g/mol. The fraction of sp³-hybridized carbons (Fsp3) is 1.00. The van der Waals surface area contributed by atoms with E-state index in [-0.39, 0.29) is 4.87 Å². The predicted molar refractivity (Wildman–Crippen MR) is 102 cm³/mol. The summed E-state index contributed by atoms with van der Waals surface area (Å²) in [5, 5.41) is 0. The van der Waals surface area contributed by atoms with Crippen LogP contribution in [0.2, 0.25) is 26.2 Å². The first kappa shape index (κ1) is 19.2. The van der Waals surface area contributed by atoms with Crippen LogP contribution >= 0.6 is 50.5 Å². The molecule has 1 heterocycles. The molecule has 1 fully saturated rings. The maximum Gasteiger partial charge on any atom is 0.316 e. The lowest BCUT2D eigenvalue weighted by atomic mass is 10.5. The van der Waals surface area contributed by atoms with Crippen LogP contribution in [0.15, 0.2) is 0 Å². The van der Waals surface area contributed by atoms with Crippen LogP contribution < -0.4 is 0 Å². The summed E-state index contributed by atoms with van der Waals surface area (Å²) in [7, 11) is -7.37. The van der Waals surface area contributed by atoms with Gasteiger partial charge in [-0.15, -0.1) is 0 Å². The second-order valence-corrected chi connectivity index (χ2v) is 21.6. The van der Waals surface area contributed by atoms with Gasteiger partial charge < -0.3 is 16.5 Å². The van der Waals surface area contributed by atoms with Crippen LogP contribution in [0.25, 0.3) is 0 Å². The molecule has 19 heavy (non-hydrogen) atoms. The second-order valence-electron chi connectivity index (χ2n) is 5.36. The Kier molecular flexibility index (Phi) is 7.18. The SMILES string of the molecule is C[Si]1(C)O[SiH2]O[SiH](C(S)CC(S)(S)S)O[Si](C)(C)O1. The molecule has 1 rings (SSSR count). The van der Waals surface area contributed by atoms with Crippen molar-refractivity contribution >= 4 is 86.9 Å². The Labute approximate surface area is 143 Å². The van der Waals surface area contributed by atoms with Gasteiger partial charge in [-0.1, -0.05) is 0 Å². The highest BCUT2D eigenvalue weighted by Crippen LogP contribution is 2.33. The molecule has 2 atom stereocenters. The molecule has 0 aromatic carbocycles. The third-order valence-corrected chi connectivity index (χ3v) is 16.9. The molecule has 1 aliphatic rings. The minimum atomic E-state index is -2.24. The zero-order valence-electron chi connectivity index (χ0n) is 11.5. The molecular formula is C7H22O4S4Si4. The molecule has 0 N–H and O–H groups in total. The summed E-state index contributed by atoms with van der Waals surface area (Å²) in [6.07, 6.45) is 0.585. The van der Waals surface area contributed by atoms with Gasteiger partial charge in [0.25, 0.3) is 10.0 Å². The molecular weight excluding hydrogens is 389 g/mol. The largest absolute Gasteiger partial charge is 0.422 e. The Bertz CT molecular complexity index is 314. The Morgan fingerprint density at radius 3 is 2.26 bits per heavy atom. The van der Waals surface area contributed by atoms with Crippen LogP contribution in [0.1, 0.15) is 6.42 Å². The number of thiol groups is 4. The third-order valence-electron chi connectivity index (χ3n) is 2.33. The quantitative estimate of drug-likeness (QED) is 0.322. The van der Waals surface area contributed by atoms with Crippen molar-refractivity contribution in [2.75, 3.05) is 0 Å². The predicted octanol–water partition coefficient (Wildman–Crippen LogP) is 1.36. The fourth-order valence-electron chi connectivity index (χ4n) is 1.77. The van der Waals surface area contributed by atoms with Gasteiger partial charge in [-0.05, 0) is 32.6 Å². The molecule has 4 nitrogen and oxygen atoms in total. The van der Waals surface area contributed by atoms with Crippen molar-refractivity contribution < 1.29 is 16.5 Å². The molecule has 0 aromatic rings. The molecule has 1 aliphatic heterocycles. The number of hydrogen-bond donors (Lipinski definition) is 4. The standard InChI is InChI=1S/C7H22O4S4Si4/c1-18(2)9-16-8-17(10-19(3,4)11-18)6(12)5-7(13,14)15/h6,12-15,17H,5,16H2,1-4H3. The Morgan fingerprint density at radius 2 is 1.74 bits per heavy atom. The Morgan fingerprint density at radius 1 is 1.16 bits per heavy atom. The van der Waals surface area contributed by atoms with E-state index in [2.05, 4.69) is 50.5 Å². The maximum absolute atomic E-state index is 6.17. The topological polar surface area (TPSA) is 36.9 Å². The van der Waals surface area contributed by atoms with Gasteiger partial charge in [0.15, 0.2) is 0 Å². The lowest BCUT2D eigenvalue weighted by molar-refractivity contribution is 0.270. The molecule has 114 valence electrons. The summed E-state index contributed by atoms with van der Waals surface area (Å²) < 4.78 is 23.3. The van der Waals surface area contributed by atoms with Crippen molar-refractivity contribution in [3.05, 3.63) is 0 Å². The van der Waals surface area contributed by atoms with E-state index in [0.717, 1.165) is 0 Å². The van der Waals surface area contributed by atoms with Crippen molar-refractivity contribution in [1.29, 1.82) is 0 Å². The van der Waals surface area contributed by atoms with Gasteiger partial charge in [-0.2, -0.15) is 50.5 Å². The van der Waals surface area contributed by atoms with E-state index in [4.69, 9.17) is 16.5 Å². The van der Waals surface area contributed by atoms with Crippen LogP contribution in [0.4, 0.5) is 0 Å². The Balaban J connectivity index is 2.71. The van der Waals surface area contributed by atoms with Crippen LogP contribution in [0.5, 0.6) is 0 Å². The summed E-state index contributed by atoms with van der Waals surface area (Å²) in [4.78, 5) is -0.0400. The summed E-state index contributed by atoms with van der Waals surface area (Å²) in [6, 6.07) is 0. The molecule has 2 unspecified atom stereocenters. The van der Waals surface area contributed by atoms with E-state index in [1.54, 1.807) is 0 Å². The number of hydrogen-bond acceptors (Lipinski definition) is 8. The van der Waals surface area contributed by atoms with Crippen molar-refractivity contribution in [2.45, 2.75) is 40.9 Å². The molecule has 0 spiro atoms. The highest BCUT2D eigenvalue weighted by Gasteiger charge is 2.43. The van der Waals surface area contributed by atoms with Crippen LogP contribution in [-0.4, -0.2) is 44.7 Å². The minimum Gasteiger partial charge on any atom is -0.422 e. The van der Waals surface area contributed by atoms with Crippen LogP contribution in [0.3, 0.4) is 0 Å². The van der Waals surface area contributed by atoms with Gasteiger partial charge in [0.1, 0.15) is 0 Å². The highest BCUT2D eigenvalue weighted by molar-refractivity contribution is 8.17. The van der Waals surface area contributed by atoms with E-state index in [9.17, 15) is 0 Å². The highest BCUT2D eigenvalue weighted by atomic mass is 32.2. The minimum absolute atomic E-state index is 0.0400. The molecule has 0 aromatic heterocycles. The molecule has 12 heteroatoms. The molecule has 0 amide bonds. The first-order chi connectivity index (χ1) is 8.40. The number of rotatable bonds is 3. The van der Waals surface area contributed by atoms with Crippen molar-refractivity contribution in [1.82, 2.24) is 0 Å². The van der Waals surface area contributed by atoms with Gasteiger partial charge in [-0.3, -0.25) is 0 Å². The summed E-state index contributed by atoms with van der Waals surface area (Å²) in [5.41, 5.74) is 0. The lowest BCUT2D eigenvalue weighted by Crippen LogP contribution is -2.57. The van der Waals surface area contributed by atoms with Gasteiger partial charge in [0.05, 0.1) is 3.41 Å².